The number of rotatable bonds is 11. The molecule has 0 radical (unpaired) electrons. The summed E-state index contributed by atoms with van der Waals surface area (Å²) in [5.74, 6) is -1.11. The Bertz CT molecular complexity index is 1150. The van der Waals surface area contributed by atoms with Crippen LogP contribution in [0.2, 0.25) is 0 Å². The summed E-state index contributed by atoms with van der Waals surface area (Å²) in [6.45, 7) is 9.23. The maximum Gasteiger partial charge on any atom is 0.408 e. The lowest BCUT2D eigenvalue weighted by atomic mass is 9.98. The van der Waals surface area contributed by atoms with Crippen LogP contribution in [0.25, 0.3) is 0 Å². The van der Waals surface area contributed by atoms with Gasteiger partial charge in [0.2, 0.25) is 11.8 Å². The van der Waals surface area contributed by atoms with Crippen LogP contribution in [-0.2, 0) is 36.9 Å². The van der Waals surface area contributed by atoms with Gasteiger partial charge < -0.3 is 29.7 Å². The molecule has 2 aromatic rings. The number of carbonyl (C=O) groups excluding carboxylic acids is 4. The van der Waals surface area contributed by atoms with Gasteiger partial charge in [-0.25, -0.2) is 4.79 Å². The second-order valence-electron chi connectivity index (χ2n) is 10.6. The molecular weight excluding hydrogens is 514 g/mol. The maximum atomic E-state index is 13.6. The molecule has 216 valence electrons. The van der Waals surface area contributed by atoms with Crippen molar-refractivity contribution in [3.63, 3.8) is 0 Å². The monoisotopic (exact) mass is 553 g/mol. The van der Waals surface area contributed by atoms with Crippen molar-refractivity contribution in [1.82, 2.24) is 15.5 Å². The third-order valence-corrected chi connectivity index (χ3v) is 6.59. The maximum absolute atomic E-state index is 13.6. The van der Waals surface area contributed by atoms with Crippen LogP contribution in [0, 0.1) is 11.8 Å². The summed E-state index contributed by atoms with van der Waals surface area (Å²) < 4.78 is 16.0. The van der Waals surface area contributed by atoms with Crippen LogP contribution < -0.4 is 15.4 Å². The van der Waals surface area contributed by atoms with E-state index in [2.05, 4.69) is 10.6 Å². The summed E-state index contributed by atoms with van der Waals surface area (Å²) >= 11 is 0. The van der Waals surface area contributed by atoms with Crippen molar-refractivity contribution in [2.24, 2.45) is 11.8 Å². The molecule has 1 heterocycles. The Morgan fingerprint density at radius 3 is 2.15 bits per heavy atom. The normalized spacial score (nSPS) is 16.4. The summed E-state index contributed by atoms with van der Waals surface area (Å²) in [7, 11) is 0. The van der Waals surface area contributed by atoms with Gasteiger partial charge in [-0.05, 0) is 41.5 Å². The molecule has 3 rings (SSSR count). The number of amides is 3. The van der Waals surface area contributed by atoms with E-state index in [0.717, 1.165) is 11.1 Å². The van der Waals surface area contributed by atoms with Gasteiger partial charge in [0.25, 0.3) is 0 Å². The molecule has 40 heavy (non-hydrogen) atoms. The van der Waals surface area contributed by atoms with E-state index >= 15 is 0 Å². The number of hydrogen-bond acceptors (Lipinski definition) is 7. The number of benzene rings is 2. The molecule has 0 saturated carbocycles. The lowest BCUT2D eigenvalue weighted by molar-refractivity contribution is -0.140. The molecule has 1 fully saturated rings. The Kier molecular flexibility index (Phi) is 11.1. The molecular formula is C30H39N3O7. The molecule has 10 heteroatoms. The molecule has 0 bridgehead atoms. The molecule has 1 saturated heterocycles. The minimum absolute atomic E-state index is 0.0784. The minimum atomic E-state index is -0.890. The first kappa shape index (κ1) is 30.6. The molecule has 10 nitrogen and oxygen atoms in total. The predicted molar refractivity (Wildman–Crippen MR) is 148 cm³/mol. The Morgan fingerprint density at radius 2 is 1.55 bits per heavy atom. The summed E-state index contributed by atoms with van der Waals surface area (Å²) in [6.07, 6.45) is -0.174. The third-order valence-electron chi connectivity index (χ3n) is 6.59. The molecule has 3 unspecified atom stereocenters. The molecule has 2 N–H and O–H groups in total. The molecule has 1 aliphatic heterocycles. The van der Waals surface area contributed by atoms with Crippen molar-refractivity contribution in [3.8, 4) is 5.75 Å². The third kappa shape index (κ3) is 8.81. The topological polar surface area (TPSA) is 123 Å². The van der Waals surface area contributed by atoms with Gasteiger partial charge in [0.05, 0.1) is 12.6 Å². The molecule has 3 amide bonds. The van der Waals surface area contributed by atoms with Crippen molar-refractivity contribution in [2.45, 2.75) is 65.8 Å². The quantitative estimate of drug-likeness (QED) is 0.323. The Hall–Kier alpha value is -3.92. The first-order chi connectivity index (χ1) is 19.0. The van der Waals surface area contributed by atoms with E-state index in [9.17, 15) is 19.2 Å². The zero-order valence-electron chi connectivity index (χ0n) is 23.7. The first-order valence-electron chi connectivity index (χ1n) is 13.5. The van der Waals surface area contributed by atoms with E-state index in [-0.39, 0.29) is 37.1 Å². The van der Waals surface area contributed by atoms with Crippen LogP contribution in [0.3, 0.4) is 0 Å². The summed E-state index contributed by atoms with van der Waals surface area (Å²) in [5.41, 5.74) is 1.78. The highest BCUT2D eigenvalue weighted by Gasteiger charge is 2.37. The van der Waals surface area contributed by atoms with Gasteiger partial charge in [-0.1, -0.05) is 70.2 Å². The fraction of sp³-hybridized carbons (Fsp3) is 0.467. The van der Waals surface area contributed by atoms with Crippen LogP contribution in [0.1, 0.15) is 45.7 Å². The van der Waals surface area contributed by atoms with Gasteiger partial charge in [0, 0.05) is 6.92 Å². The van der Waals surface area contributed by atoms with Gasteiger partial charge >= 0.3 is 12.1 Å². The van der Waals surface area contributed by atoms with E-state index < -0.39 is 30.1 Å². The fourth-order valence-corrected chi connectivity index (χ4v) is 4.39. The van der Waals surface area contributed by atoms with E-state index in [1.54, 1.807) is 17.0 Å². The van der Waals surface area contributed by atoms with Crippen LogP contribution >= 0.6 is 0 Å². The summed E-state index contributed by atoms with van der Waals surface area (Å²) in [4.78, 5) is 52.2. The van der Waals surface area contributed by atoms with Gasteiger partial charge in [-0.3, -0.25) is 14.4 Å². The Morgan fingerprint density at radius 1 is 0.900 bits per heavy atom. The number of carbonyl (C=O) groups is 4. The average molecular weight is 554 g/mol. The van der Waals surface area contributed by atoms with Crippen LogP contribution in [0.5, 0.6) is 5.75 Å². The number of nitrogens with zero attached hydrogens (tertiary/aromatic N) is 1. The number of hydrogen-bond donors (Lipinski definition) is 2. The zero-order valence-corrected chi connectivity index (χ0v) is 23.7. The summed E-state index contributed by atoms with van der Waals surface area (Å²) in [6, 6.07) is 14.4. The molecule has 3 atom stereocenters. The lowest BCUT2D eigenvalue weighted by Crippen LogP contribution is -2.58. The van der Waals surface area contributed by atoms with Crippen molar-refractivity contribution in [2.75, 3.05) is 13.3 Å². The second-order valence-corrected chi connectivity index (χ2v) is 10.6. The zero-order chi connectivity index (χ0) is 29.2. The van der Waals surface area contributed by atoms with Gasteiger partial charge in [0.15, 0.2) is 0 Å². The molecule has 1 aliphatic rings. The van der Waals surface area contributed by atoms with Gasteiger partial charge in [-0.2, -0.15) is 0 Å². The number of esters is 1. The standard InChI is InChI=1S/C30H39N3O7/c1-19(2)26(32-30(37)39-16-23-9-7-6-8-10-23)28(35)31-27(20(3)4)29(36)33-18-38-17-24(33)15-22-11-13-25(14-12-22)40-21(5)34/h6-14,19-20,24,26-27H,15-18H2,1-5H3,(H,31,35)(H,32,37). The number of ether oxygens (including phenoxy) is 3. The van der Waals surface area contributed by atoms with E-state index in [0.29, 0.717) is 18.8 Å². The number of nitrogens with one attached hydrogen (secondary N) is 2. The van der Waals surface area contributed by atoms with Crippen molar-refractivity contribution < 1.29 is 33.4 Å². The van der Waals surface area contributed by atoms with Crippen LogP contribution in [-0.4, -0.2) is 60.2 Å². The summed E-state index contributed by atoms with van der Waals surface area (Å²) in [5, 5.41) is 5.50. The van der Waals surface area contributed by atoms with Crippen molar-refractivity contribution in [3.05, 3.63) is 65.7 Å². The highest BCUT2D eigenvalue weighted by molar-refractivity contribution is 5.91. The Balaban J connectivity index is 1.62. The highest BCUT2D eigenvalue weighted by Crippen LogP contribution is 2.21. The largest absolute Gasteiger partial charge is 0.445 e. The fourth-order valence-electron chi connectivity index (χ4n) is 4.39. The van der Waals surface area contributed by atoms with Crippen molar-refractivity contribution >= 4 is 23.9 Å². The molecule has 0 spiro atoms. The van der Waals surface area contributed by atoms with Crippen LogP contribution in [0.4, 0.5) is 4.79 Å². The van der Waals surface area contributed by atoms with Crippen LogP contribution in [0.15, 0.2) is 54.6 Å². The number of alkyl carbamates (subject to hydrolysis) is 1. The first-order valence-corrected chi connectivity index (χ1v) is 13.5. The highest BCUT2D eigenvalue weighted by atomic mass is 16.5. The lowest BCUT2D eigenvalue weighted by Gasteiger charge is -2.31. The van der Waals surface area contributed by atoms with Gasteiger partial charge in [0.1, 0.15) is 31.2 Å². The molecule has 0 aromatic heterocycles. The Labute approximate surface area is 235 Å². The smallest absolute Gasteiger partial charge is 0.408 e. The molecule has 2 aromatic carbocycles. The van der Waals surface area contributed by atoms with Crippen molar-refractivity contribution in [1.29, 1.82) is 0 Å². The van der Waals surface area contributed by atoms with E-state index in [1.165, 1.54) is 6.92 Å². The minimum Gasteiger partial charge on any atom is -0.445 e. The van der Waals surface area contributed by atoms with E-state index in [4.69, 9.17) is 14.2 Å². The predicted octanol–water partition coefficient (Wildman–Crippen LogP) is 3.43. The van der Waals surface area contributed by atoms with Gasteiger partial charge in [-0.15, -0.1) is 0 Å². The average Bonchev–Trinajstić information content (AvgIpc) is 3.37. The SMILES string of the molecule is CC(=O)Oc1ccc(CC2COCN2C(=O)C(NC(=O)C(NC(=O)OCc2ccccc2)C(C)C)C(C)C)cc1. The second kappa shape index (κ2) is 14.5. The molecule has 0 aliphatic carbocycles. The van der Waals surface area contributed by atoms with E-state index in [1.807, 2.05) is 70.2 Å².